The van der Waals surface area contributed by atoms with E-state index < -0.39 is 23.5 Å². The van der Waals surface area contributed by atoms with Crippen molar-refractivity contribution in [2.24, 2.45) is 23.2 Å². The monoisotopic (exact) mass is 563 g/mol. The van der Waals surface area contributed by atoms with Crippen LogP contribution in [-0.4, -0.2) is 107 Å². The molecule has 2 unspecified atom stereocenters. The Labute approximate surface area is 240 Å². The van der Waals surface area contributed by atoms with Crippen molar-refractivity contribution in [3.8, 4) is 0 Å². The van der Waals surface area contributed by atoms with Crippen LogP contribution in [0.15, 0.2) is 0 Å². The van der Waals surface area contributed by atoms with Gasteiger partial charge in [-0.15, -0.1) is 0 Å². The number of likely N-dealkylation sites (N-methyl/N-ethyl adjacent to an activating group) is 1. The summed E-state index contributed by atoms with van der Waals surface area (Å²) in [5.74, 6) is -1.04. The molecule has 40 heavy (non-hydrogen) atoms. The lowest BCUT2D eigenvalue weighted by Crippen LogP contribution is -2.60. The van der Waals surface area contributed by atoms with E-state index in [1.54, 1.807) is 16.8 Å². The molecule has 0 bridgehead atoms. The summed E-state index contributed by atoms with van der Waals surface area (Å²) < 4.78 is 0. The number of amides is 3. The van der Waals surface area contributed by atoms with Gasteiger partial charge in [-0.05, 0) is 68.9 Å². The highest BCUT2D eigenvalue weighted by Gasteiger charge is 2.43. The molecule has 0 radical (unpaired) electrons. The Hall–Kier alpha value is -2.20. The van der Waals surface area contributed by atoms with Gasteiger partial charge in [0, 0.05) is 32.7 Å². The second-order valence-corrected chi connectivity index (χ2v) is 13.7. The number of hydrogen-bond acceptors (Lipinski definition) is 6. The van der Waals surface area contributed by atoms with Gasteiger partial charge in [0.15, 0.2) is 0 Å². The van der Waals surface area contributed by atoms with Gasteiger partial charge in [0.25, 0.3) is 0 Å². The van der Waals surface area contributed by atoms with Gasteiger partial charge in [-0.3, -0.25) is 19.3 Å². The number of carbonyl (C=O) groups excluding carboxylic acids is 3. The van der Waals surface area contributed by atoms with Gasteiger partial charge in [-0.1, -0.05) is 41.5 Å². The van der Waals surface area contributed by atoms with Crippen LogP contribution in [-0.2, 0) is 19.2 Å². The second kappa shape index (κ2) is 13.6. The van der Waals surface area contributed by atoms with Crippen LogP contribution in [0.1, 0.15) is 80.1 Å². The van der Waals surface area contributed by atoms with Crippen LogP contribution in [0.25, 0.3) is 0 Å². The third-order valence-corrected chi connectivity index (χ3v) is 9.32. The van der Waals surface area contributed by atoms with Crippen LogP contribution >= 0.6 is 0 Å². The fraction of sp³-hybridized carbons (Fsp3) is 0.867. The number of likely N-dealkylation sites (tertiary alicyclic amines) is 2. The minimum Gasteiger partial charge on any atom is -0.480 e. The molecule has 10 heteroatoms. The van der Waals surface area contributed by atoms with E-state index in [1.807, 2.05) is 20.8 Å². The van der Waals surface area contributed by atoms with Gasteiger partial charge in [0.05, 0.1) is 12.0 Å². The first-order chi connectivity index (χ1) is 18.7. The number of rotatable bonds is 9. The van der Waals surface area contributed by atoms with Crippen molar-refractivity contribution in [1.29, 1.82) is 0 Å². The summed E-state index contributed by atoms with van der Waals surface area (Å²) >= 11 is 0. The van der Waals surface area contributed by atoms with E-state index in [4.69, 9.17) is 0 Å². The Morgan fingerprint density at radius 2 is 1.70 bits per heavy atom. The number of carbonyl (C=O) groups is 4. The predicted molar refractivity (Wildman–Crippen MR) is 155 cm³/mol. The summed E-state index contributed by atoms with van der Waals surface area (Å²) in [6.07, 6.45) is 4.62. The normalized spacial score (nSPS) is 27.8. The van der Waals surface area contributed by atoms with Gasteiger partial charge in [-0.2, -0.15) is 0 Å². The molecule has 0 spiro atoms. The van der Waals surface area contributed by atoms with Gasteiger partial charge in [-0.25, -0.2) is 4.79 Å². The maximum absolute atomic E-state index is 14.0. The van der Waals surface area contributed by atoms with E-state index in [2.05, 4.69) is 36.3 Å². The Morgan fingerprint density at radius 3 is 2.30 bits per heavy atom. The van der Waals surface area contributed by atoms with Crippen molar-refractivity contribution in [2.45, 2.75) is 104 Å². The SMILES string of the molecule is CC1CCNCC1C(=O)N[C@H](C(=O)N(C)[C@H](CN1CCC[C@H]1C(=O)N1CCCC[C@H]1C(=O)O)C(C)C)C(C)(C)C. The summed E-state index contributed by atoms with van der Waals surface area (Å²) in [5, 5.41) is 16.1. The van der Waals surface area contributed by atoms with E-state index in [0.717, 1.165) is 38.8 Å². The van der Waals surface area contributed by atoms with Crippen LogP contribution in [0.5, 0.6) is 0 Å². The van der Waals surface area contributed by atoms with Crippen molar-refractivity contribution in [3.63, 3.8) is 0 Å². The molecule has 3 heterocycles. The smallest absolute Gasteiger partial charge is 0.326 e. The zero-order chi connectivity index (χ0) is 29.8. The Kier molecular flexibility index (Phi) is 11.0. The third kappa shape index (κ3) is 7.55. The molecule has 0 saturated carbocycles. The molecule has 6 atom stereocenters. The zero-order valence-corrected chi connectivity index (χ0v) is 25.7. The highest BCUT2D eigenvalue weighted by Crippen LogP contribution is 2.28. The van der Waals surface area contributed by atoms with E-state index in [9.17, 15) is 24.3 Å². The molecule has 3 fully saturated rings. The minimum absolute atomic E-state index is 0.0813. The number of piperidine rings is 2. The van der Waals surface area contributed by atoms with Crippen LogP contribution < -0.4 is 10.6 Å². The quantitative estimate of drug-likeness (QED) is 0.393. The number of nitrogens with one attached hydrogen (secondary N) is 2. The highest BCUT2D eigenvalue weighted by atomic mass is 16.4. The second-order valence-electron chi connectivity index (χ2n) is 13.7. The zero-order valence-electron chi connectivity index (χ0n) is 25.7. The summed E-state index contributed by atoms with van der Waals surface area (Å²) in [5.41, 5.74) is -0.486. The lowest BCUT2D eigenvalue weighted by molar-refractivity contribution is -0.154. The van der Waals surface area contributed by atoms with E-state index in [0.29, 0.717) is 32.5 Å². The fourth-order valence-electron chi connectivity index (χ4n) is 6.59. The summed E-state index contributed by atoms with van der Waals surface area (Å²) in [7, 11) is 1.81. The summed E-state index contributed by atoms with van der Waals surface area (Å²) in [6, 6.07) is -1.98. The topological polar surface area (TPSA) is 122 Å². The average molecular weight is 564 g/mol. The molecule has 3 amide bonds. The molecule has 0 aromatic rings. The Balaban J connectivity index is 1.75. The molecule has 3 rings (SSSR count). The van der Waals surface area contributed by atoms with Crippen molar-refractivity contribution >= 4 is 23.7 Å². The Morgan fingerprint density at radius 1 is 1.02 bits per heavy atom. The minimum atomic E-state index is -0.934. The van der Waals surface area contributed by atoms with E-state index >= 15 is 0 Å². The molecule has 0 aromatic heterocycles. The molecular weight excluding hydrogens is 510 g/mol. The number of carboxylic acids is 1. The predicted octanol–water partition coefficient (Wildman–Crippen LogP) is 2.18. The highest BCUT2D eigenvalue weighted by molar-refractivity contribution is 5.90. The molecule has 0 aromatic carbocycles. The molecule has 3 aliphatic rings. The van der Waals surface area contributed by atoms with Crippen molar-refractivity contribution < 1.29 is 24.3 Å². The van der Waals surface area contributed by atoms with Crippen molar-refractivity contribution in [2.75, 3.05) is 39.8 Å². The first kappa shape index (κ1) is 32.3. The molecule has 3 aliphatic heterocycles. The largest absolute Gasteiger partial charge is 0.480 e. The first-order valence-corrected chi connectivity index (χ1v) is 15.3. The molecule has 3 N–H and O–H groups in total. The molecule has 0 aliphatic carbocycles. The van der Waals surface area contributed by atoms with Gasteiger partial charge >= 0.3 is 5.97 Å². The molecule has 10 nitrogen and oxygen atoms in total. The number of nitrogens with zero attached hydrogens (tertiary/aromatic N) is 3. The van der Waals surface area contributed by atoms with Crippen LogP contribution in [0.2, 0.25) is 0 Å². The number of hydrogen-bond donors (Lipinski definition) is 3. The molecule has 228 valence electrons. The van der Waals surface area contributed by atoms with E-state index in [-0.39, 0.29) is 47.6 Å². The lowest BCUT2D eigenvalue weighted by atomic mass is 9.83. The Bertz CT molecular complexity index is 919. The lowest BCUT2D eigenvalue weighted by Gasteiger charge is -2.42. The summed E-state index contributed by atoms with van der Waals surface area (Å²) in [6.45, 7) is 15.4. The van der Waals surface area contributed by atoms with Crippen LogP contribution in [0, 0.1) is 23.2 Å². The maximum Gasteiger partial charge on any atom is 0.326 e. The standard InChI is InChI=1S/C30H53N5O5/c1-19(2)24(18-34-15-10-12-22(34)27(37)35-16-9-8-11-23(35)29(39)40)33(7)28(38)25(30(4,5)6)32-26(36)21-17-31-14-13-20(21)3/h19-25,31H,8-18H2,1-7H3,(H,32,36)(H,39,40)/t20?,21?,22-,23-,24+,25+/m0/s1. The fourth-order valence-corrected chi connectivity index (χ4v) is 6.59. The van der Waals surface area contributed by atoms with Crippen molar-refractivity contribution in [1.82, 2.24) is 25.3 Å². The van der Waals surface area contributed by atoms with Crippen molar-refractivity contribution in [3.05, 3.63) is 0 Å². The van der Waals surface area contributed by atoms with Gasteiger partial charge in [0.2, 0.25) is 17.7 Å². The van der Waals surface area contributed by atoms with Gasteiger partial charge < -0.3 is 25.5 Å². The molecule has 3 saturated heterocycles. The number of carboxylic acid groups (broad SMARTS) is 1. The third-order valence-electron chi connectivity index (χ3n) is 9.32. The first-order valence-electron chi connectivity index (χ1n) is 15.3. The number of aliphatic carboxylic acids is 1. The van der Waals surface area contributed by atoms with E-state index in [1.165, 1.54) is 0 Å². The maximum atomic E-state index is 14.0. The average Bonchev–Trinajstić information content (AvgIpc) is 3.36. The van der Waals surface area contributed by atoms with Crippen LogP contribution in [0.3, 0.4) is 0 Å². The van der Waals surface area contributed by atoms with Crippen LogP contribution in [0.4, 0.5) is 0 Å². The summed E-state index contributed by atoms with van der Waals surface area (Å²) in [4.78, 5) is 58.3. The molecular formula is C30H53N5O5. The van der Waals surface area contributed by atoms with Gasteiger partial charge in [0.1, 0.15) is 12.1 Å².